The lowest BCUT2D eigenvalue weighted by Crippen LogP contribution is -2.47. The normalized spacial score (nSPS) is 33.1. The van der Waals surface area contributed by atoms with Crippen LogP contribution in [0.3, 0.4) is 0 Å². The maximum absolute atomic E-state index is 5.82. The average molecular weight is 225 g/mol. The summed E-state index contributed by atoms with van der Waals surface area (Å²) in [6, 6.07) is 0.466. The van der Waals surface area contributed by atoms with Crippen LogP contribution in [0.4, 0.5) is 0 Å². The number of fused-ring (bicyclic) bond motifs is 2. The van der Waals surface area contributed by atoms with Crippen LogP contribution in [0.2, 0.25) is 0 Å². The maximum Gasteiger partial charge on any atom is 0.191 e. The van der Waals surface area contributed by atoms with Crippen LogP contribution in [0.15, 0.2) is 4.99 Å². The standard InChI is InChI=1S/C12H23N3O/c1-3-7-14-12(13-4-2)15-10-8-9-5-6-11(10)16-9/h9-11H,3-8H2,1-2H3,(H2,13,14,15). The molecule has 2 heterocycles. The molecule has 2 fully saturated rings. The molecule has 4 nitrogen and oxygen atoms in total. The Balaban J connectivity index is 1.85. The third-order valence-corrected chi connectivity index (χ3v) is 3.27. The largest absolute Gasteiger partial charge is 0.373 e. The van der Waals surface area contributed by atoms with E-state index in [1.807, 2.05) is 0 Å². The van der Waals surface area contributed by atoms with Gasteiger partial charge < -0.3 is 15.4 Å². The number of rotatable bonds is 4. The van der Waals surface area contributed by atoms with Crippen molar-refractivity contribution in [2.24, 2.45) is 4.99 Å². The number of nitrogens with zero attached hydrogens (tertiary/aromatic N) is 1. The molecule has 4 heteroatoms. The van der Waals surface area contributed by atoms with Crippen molar-refractivity contribution in [1.82, 2.24) is 10.6 Å². The first kappa shape index (κ1) is 11.7. The van der Waals surface area contributed by atoms with E-state index in [-0.39, 0.29) is 0 Å². The van der Waals surface area contributed by atoms with Crippen LogP contribution < -0.4 is 10.6 Å². The Hall–Kier alpha value is -0.770. The SMILES string of the molecule is CCCN=C(NCC)NC1CC2CCC1O2. The van der Waals surface area contributed by atoms with Gasteiger partial charge in [-0.05, 0) is 32.6 Å². The summed E-state index contributed by atoms with van der Waals surface area (Å²) in [6.45, 7) is 6.04. The Bertz CT molecular complexity index is 255. The summed E-state index contributed by atoms with van der Waals surface area (Å²) in [5, 5.41) is 6.78. The van der Waals surface area contributed by atoms with E-state index in [0.717, 1.165) is 31.9 Å². The number of aliphatic imine (C=N–C) groups is 1. The van der Waals surface area contributed by atoms with E-state index >= 15 is 0 Å². The van der Waals surface area contributed by atoms with E-state index in [4.69, 9.17) is 4.74 Å². The quantitative estimate of drug-likeness (QED) is 0.559. The van der Waals surface area contributed by atoms with Gasteiger partial charge in [0.05, 0.1) is 18.2 Å². The van der Waals surface area contributed by atoms with E-state index in [2.05, 4.69) is 29.5 Å². The lowest BCUT2D eigenvalue weighted by atomic mass is 9.96. The van der Waals surface area contributed by atoms with E-state index in [9.17, 15) is 0 Å². The van der Waals surface area contributed by atoms with Gasteiger partial charge in [0.1, 0.15) is 0 Å². The molecular formula is C12H23N3O. The zero-order valence-electron chi connectivity index (χ0n) is 10.3. The molecule has 0 amide bonds. The minimum absolute atomic E-state index is 0.412. The van der Waals surface area contributed by atoms with Crippen LogP contribution in [-0.2, 0) is 4.74 Å². The predicted octanol–water partition coefficient (Wildman–Crippen LogP) is 1.27. The van der Waals surface area contributed by atoms with Crippen molar-refractivity contribution in [3.63, 3.8) is 0 Å². The van der Waals surface area contributed by atoms with Crippen molar-refractivity contribution in [3.8, 4) is 0 Å². The zero-order valence-corrected chi connectivity index (χ0v) is 10.3. The molecule has 2 N–H and O–H groups in total. The van der Waals surface area contributed by atoms with Gasteiger partial charge in [0.2, 0.25) is 0 Å². The number of hydrogen-bond donors (Lipinski definition) is 2. The van der Waals surface area contributed by atoms with Gasteiger partial charge in [0, 0.05) is 13.1 Å². The summed E-state index contributed by atoms with van der Waals surface area (Å²) in [5.74, 6) is 0.950. The first-order chi connectivity index (χ1) is 7.83. The fourth-order valence-corrected chi connectivity index (χ4v) is 2.51. The topological polar surface area (TPSA) is 45.7 Å². The van der Waals surface area contributed by atoms with Gasteiger partial charge in [0.25, 0.3) is 0 Å². The molecule has 2 rings (SSSR count). The molecule has 2 aliphatic heterocycles. The fraction of sp³-hybridized carbons (Fsp3) is 0.917. The van der Waals surface area contributed by atoms with Crippen LogP contribution >= 0.6 is 0 Å². The average Bonchev–Trinajstić information content (AvgIpc) is 2.88. The van der Waals surface area contributed by atoms with Gasteiger partial charge in [-0.1, -0.05) is 6.92 Å². The summed E-state index contributed by atoms with van der Waals surface area (Å²) >= 11 is 0. The highest BCUT2D eigenvalue weighted by molar-refractivity contribution is 5.80. The van der Waals surface area contributed by atoms with Crippen molar-refractivity contribution in [2.75, 3.05) is 13.1 Å². The first-order valence-corrected chi connectivity index (χ1v) is 6.53. The Morgan fingerprint density at radius 3 is 2.81 bits per heavy atom. The van der Waals surface area contributed by atoms with Crippen LogP contribution in [0.1, 0.15) is 39.5 Å². The van der Waals surface area contributed by atoms with Gasteiger partial charge in [-0.2, -0.15) is 0 Å². The van der Waals surface area contributed by atoms with Crippen molar-refractivity contribution < 1.29 is 4.74 Å². The highest BCUT2D eigenvalue weighted by atomic mass is 16.5. The third-order valence-electron chi connectivity index (χ3n) is 3.27. The van der Waals surface area contributed by atoms with E-state index in [1.165, 1.54) is 12.8 Å². The minimum atomic E-state index is 0.412. The minimum Gasteiger partial charge on any atom is -0.373 e. The molecule has 0 aliphatic carbocycles. The molecule has 2 saturated heterocycles. The van der Waals surface area contributed by atoms with Crippen LogP contribution in [0, 0.1) is 0 Å². The molecule has 16 heavy (non-hydrogen) atoms. The number of guanidine groups is 1. The van der Waals surface area contributed by atoms with E-state index in [0.29, 0.717) is 18.2 Å². The Kier molecular flexibility index (Phi) is 4.04. The van der Waals surface area contributed by atoms with Crippen LogP contribution in [0.5, 0.6) is 0 Å². The highest BCUT2D eigenvalue weighted by Crippen LogP contribution is 2.34. The lowest BCUT2D eigenvalue weighted by Gasteiger charge is -2.22. The second kappa shape index (κ2) is 5.53. The monoisotopic (exact) mass is 225 g/mol. The molecule has 3 atom stereocenters. The molecule has 0 saturated carbocycles. The van der Waals surface area contributed by atoms with Crippen molar-refractivity contribution in [2.45, 2.75) is 57.8 Å². The Morgan fingerprint density at radius 2 is 2.25 bits per heavy atom. The van der Waals surface area contributed by atoms with Crippen molar-refractivity contribution >= 4 is 5.96 Å². The summed E-state index contributed by atoms with van der Waals surface area (Å²) in [4.78, 5) is 4.52. The maximum atomic E-state index is 5.82. The zero-order chi connectivity index (χ0) is 11.4. The molecule has 0 spiro atoms. The number of nitrogens with one attached hydrogen (secondary N) is 2. The van der Waals surface area contributed by atoms with Crippen molar-refractivity contribution in [1.29, 1.82) is 0 Å². The summed E-state index contributed by atoms with van der Waals surface area (Å²) in [6.07, 6.45) is 5.58. The smallest absolute Gasteiger partial charge is 0.191 e. The molecule has 3 unspecified atom stereocenters. The van der Waals surface area contributed by atoms with Gasteiger partial charge in [-0.3, -0.25) is 4.99 Å². The second-order valence-corrected chi connectivity index (χ2v) is 4.62. The predicted molar refractivity (Wildman–Crippen MR) is 65.7 cm³/mol. The van der Waals surface area contributed by atoms with Gasteiger partial charge in [-0.15, -0.1) is 0 Å². The lowest BCUT2D eigenvalue weighted by molar-refractivity contribution is 0.0992. The van der Waals surface area contributed by atoms with Gasteiger partial charge in [-0.25, -0.2) is 0 Å². The number of hydrogen-bond acceptors (Lipinski definition) is 2. The molecule has 92 valence electrons. The van der Waals surface area contributed by atoms with E-state index < -0.39 is 0 Å². The molecule has 2 aliphatic rings. The third kappa shape index (κ3) is 2.67. The summed E-state index contributed by atoms with van der Waals surface area (Å²) in [7, 11) is 0. The first-order valence-electron chi connectivity index (χ1n) is 6.53. The molecule has 0 aromatic rings. The Morgan fingerprint density at radius 1 is 1.38 bits per heavy atom. The Labute approximate surface area is 97.9 Å². The highest BCUT2D eigenvalue weighted by Gasteiger charge is 2.40. The fourth-order valence-electron chi connectivity index (χ4n) is 2.51. The van der Waals surface area contributed by atoms with Crippen LogP contribution in [-0.4, -0.2) is 37.3 Å². The van der Waals surface area contributed by atoms with Crippen LogP contribution in [0.25, 0.3) is 0 Å². The second-order valence-electron chi connectivity index (χ2n) is 4.62. The van der Waals surface area contributed by atoms with E-state index in [1.54, 1.807) is 0 Å². The number of ether oxygens (including phenoxy) is 1. The molecule has 2 bridgehead atoms. The van der Waals surface area contributed by atoms with Gasteiger partial charge in [0.15, 0.2) is 5.96 Å². The molecular weight excluding hydrogens is 202 g/mol. The molecule has 0 radical (unpaired) electrons. The van der Waals surface area contributed by atoms with Gasteiger partial charge >= 0.3 is 0 Å². The van der Waals surface area contributed by atoms with Crippen molar-refractivity contribution in [3.05, 3.63) is 0 Å². The summed E-state index contributed by atoms with van der Waals surface area (Å²) < 4.78 is 5.82. The molecule has 0 aromatic carbocycles. The summed E-state index contributed by atoms with van der Waals surface area (Å²) in [5.41, 5.74) is 0. The molecule has 0 aromatic heterocycles.